The van der Waals surface area contributed by atoms with Crippen molar-refractivity contribution < 1.29 is 9.26 Å². The van der Waals surface area contributed by atoms with Crippen LogP contribution in [-0.2, 0) is 0 Å². The summed E-state index contributed by atoms with van der Waals surface area (Å²) in [6.45, 7) is 1.85. The Hall–Kier alpha value is -3.16. The Morgan fingerprint density at radius 2 is 2.09 bits per heavy atom. The highest BCUT2D eigenvalue weighted by Crippen LogP contribution is 2.15. The molecule has 8 heteroatoms. The molecule has 0 saturated carbocycles. The first kappa shape index (κ1) is 13.8. The van der Waals surface area contributed by atoms with E-state index in [1.54, 1.807) is 30.1 Å². The summed E-state index contributed by atoms with van der Waals surface area (Å²) in [5.74, 6) is 1.90. The predicted molar refractivity (Wildman–Crippen MR) is 79.6 cm³/mol. The van der Waals surface area contributed by atoms with Gasteiger partial charge in [0.1, 0.15) is 5.75 Å². The van der Waals surface area contributed by atoms with E-state index in [-0.39, 0.29) is 0 Å². The van der Waals surface area contributed by atoms with Crippen LogP contribution in [0.5, 0.6) is 5.75 Å². The number of rotatable bonds is 5. The van der Waals surface area contributed by atoms with Gasteiger partial charge in [-0.3, -0.25) is 0 Å². The first-order valence-electron chi connectivity index (χ1n) is 6.55. The Labute approximate surface area is 126 Å². The smallest absolute Gasteiger partial charge is 0.228 e. The molecule has 0 spiro atoms. The Morgan fingerprint density at radius 3 is 2.77 bits per heavy atom. The molecular weight excluding hydrogens is 284 g/mol. The van der Waals surface area contributed by atoms with Gasteiger partial charge in [-0.05, 0) is 41.6 Å². The molecular formula is C14H14N6O2. The number of hydrogen-bond donors (Lipinski definition) is 1. The van der Waals surface area contributed by atoms with E-state index >= 15 is 0 Å². The van der Waals surface area contributed by atoms with Gasteiger partial charge in [0, 0.05) is 18.3 Å². The molecule has 0 amide bonds. The number of nitrogens with one attached hydrogen (secondary N) is 1. The number of nitrogens with zero attached hydrogens (tertiary/aromatic N) is 5. The fourth-order valence-corrected chi connectivity index (χ4v) is 1.84. The first-order valence-corrected chi connectivity index (χ1v) is 6.55. The molecule has 1 N–H and O–H groups in total. The number of hydrogen-bond acceptors (Lipinski definition) is 7. The topological polar surface area (TPSA) is 90.9 Å². The average Bonchev–Trinajstić information content (AvgIpc) is 3.17. The summed E-state index contributed by atoms with van der Waals surface area (Å²) in [6, 6.07) is 9.23. The summed E-state index contributed by atoms with van der Waals surface area (Å²) in [6.07, 6.45) is 3.42. The molecule has 0 aliphatic rings. The number of methoxy groups -OCH3 is 1. The van der Waals surface area contributed by atoms with E-state index in [0.717, 1.165) is 17.1 Å². The number of aryl methyl sites for hydroxylation is 1. The highest BCUT2D eigenvalue weighted by Gasteiger charge is 2.05. The minimum atomic E-state index is 0.553. The molecule has 22 heavy (non-hydrogen) atoms. The minimum absolute atomic E-state index is 0.553. The second-order valence-electron chi connectivity index (χ2n) is 4.46. The van der Waals surface area contributed by atoms with Gasteiger partial charge in [0.15, 0.2) is 5.82 Å². The molecule has 3 rings (SSSR count). The second kappa shape index (κ2) is 6.08. The Bertz CT molecular complexity index is 775. The number of anilines is 1. The zero-order valence-electron chi connectivity index (χ0n) is 12.1. The molecule has 8 nitrogen and oxygen atoms in total. The number of tetrazole rings is 1. The molecule has 0 aliphatic heterocycles. The largest absolute Gasteiger partial charge is 0.497 e. The predicted octanol–water partition coefficient (Wildman–Crippen LogP) is 2.05. The lowest BCUT2D eigenvalue weighted by Crippen LogP contribution is -2.00. The van der Waals surface area contributed by atoms with Crippen molar-refractivity contribution in [1.29, 1.82) is 0 Å². The summed E-state index contributed by atoms with van der Waals surface area (Å²) in [7, 11) is 1.62. The molecule has 0 radical (unpaired) electrons. The van der Waals surface area contributed by atoms with E-state index in [1.807, 2.05) is 31.2 Å². The van der Waals surface area contributed by atoms with E-state index in [1.165, 1.54) is 0 Å². The summed E-state index contributed by atoms with van der Waals surface area (Å²) < 4.78 is 11.8. The van der Waals surface area contributed by atoms with Crippen molar-refractivity contribution in [2.24, 2.45) is 0 Å². The maximum Gasteiger partial charge on any atom is 0.228 e. The third-order valence-corrected chi connectivity index (χ3v) is 2.90. The molecule has 0 bridgehead atoms. The van der Waals surface area contributed by atoms with Crippen molar-refractivity contribution in [2.75, 3.05) is 12.4 Å². The summed E-state index contributed by atoms with van der Waals surface area (Å²) in [5, 5.41) is 18.4. The van der Waals surface area contributed by atoms with Gasteiger partial charge >= 0.3 is 0 Å². The van der Waals surface area contributed by atoms with Crippen LogP contribution in [-0.4, -0.2) is 32.5 Å². The van der Waals surface area contributed by atoms with Gasteiger partial charge in [-0.2, -0.15) is 4.68 Å². The highest BCUT2D eigenvalue weighted by molar-refractivity contribution is 5.49. The van der Waals surface area contributed by atoms with Gasteiger partial charge < -0.3 is 14.6 Å². The number of aromatic nitrogens is 5. The highest BCUT2D eigenvalue weighted by atomic mass is 16.5. The van der Waals surface area contributed by atoms with Gasteiger partial charge in [-0.25, -0.2) is 0 Å². The first-order chi connectivity index (χ1) is 10.8. The molecule has 0 unspecified atom stereocenters. The van der Waals surface area contributed by atoms with Crippen LogP contribution in [0, 0.1) is 6.92 Å². The Balaban J connectivity index is 1.76. The van der Waals surface area contributed by atoms with Gasteiger partial charge in [0.05, 0.1) is 18.5 Å². The fourth-order valence-electron chi connectivity index (χ4n) is 1.84. The molecule has 0 saturated heterocycles. The molecule has 3 aromatic rings. The lowest BCUT2D eigenvalue weighted by molar-refractivity contribution is 0.414. The zero-order chi connectivity index (χ0) is 15.4. The van der Waals surface area contributed by atoms with E-state index in [4.69, 9.17) is 9.26 Å². The summed E-state index contributed by atoms with van der Waals surface area (Å²) in [5.41, 5.74) is 1.64. The van der Waals surface area contributed by atoms with Gasteiger partial charge in [0.25, 0.3) is 0 Å². The van der Waals surface area contributed by atoms with E-state index in [0.29, 0.717) is 11.7 Å². The summed E-state index contributed by atoms with van der Waals surface area (Å²) in [4.78, 5) is 0. The van der Waals surface area contributed by atoms with Crippen LogP contribution in [0.4, 0.5) is 5.88 Å². The maximum atomic E-state index is 5.13. The van der Waals surface area contributed by atoms with Crippen molar-refractivity contribution in [3.05, 3.63) is 48.1 Å². The molecule has 2 aromatic heterocycles. The van der Waals surface area contributed by atoms with Crippen LogP contribution in [0.15, 0.2) is 41.1 Å². The lowest BCUT2D eigenvalue weighted by atomic mass is 10.3. The quantitative estimate of drug-likeness (QED) is 0.770. The molecule has 1 aromatic carbocycles. The Morgan fingerprint density at radius 1 is 1.27 bits per heavy atom. The van der Waals surface area contributed by atoms with Gasteiger partial charge in [0.2, 0.25) is 5.88 Å². The third-order valence-electron chi connectivity index (χ3n) is 2.90. The van der Waals surface area contributed by atoms with Crippen molar-refractivity contribution in [3.63, 3.8) is 0 Å². The van der Waals surface area contributed by atoms with Gasteiger partial charge in [-0.1, -0.05) is 5.16 Å². The fraction of sp³-hybridized carbons (Fsp3) is 0.143. The zero-order valence-corrected chi connectivity index (χ0v) is 12.1. The monoisotopic (exact) mass is 298 g/mol. The average molecular weight is 298 g/mol. The molecule has 112 valence electrons. The lowest BCUT2D eigenvalue weighted by Gasteiger charge is -2.03. The van der Waals surface area contributed by atoms with E-state index < -0.39 is 0 Å². The molecule has 0 fully saturated rings. The molecule has 0 aliphatic carbocycles. The van der Waals surface area contributed by atoms with Gasteiger partial charge in [-0.15, -0.1) is 5.10 Å². The van der Waals surface area contributed by atoms with Crippen molar-refractivity contribution >= 4 is 12.0 Å². The second-order valence-corrected chi connectivity index (χ2v) is 4.46. The van der Waals surface area contributed by atoms with Crippen LogP contribution < -0.4 is 10.1 Å². The van der Waals surface area contributed by atoms with Crippen LogP contribution in [0.2, 0.25) is 0 Å². The summed E-state index contributed by atoms with van der Waals surface area (Å²) >= 11 is 0. The van der Waals surface area contributed by atoms with E-state index in [9.17, 15) is 0 Å². The van der Waals surface area contributed by atoms with Crippen LogP contribution in [0.25, 0.3) is 11.8 Å². The van der Waals surface area contributed by atoms with Crippen molar-refractivity contribution in [2.45, 2.75) is 6.92 Å². The molecule has 2 heterocycles. The third kappa shape index (κ3) is 2.95. The van der Waals surface area contributed by atoms with Crippen molar-refractivity contribution in [1.82, 2.24) is 25.4 Å². The number of ether oxygens (including phenoxy) is 1. The molecule has 0 atom stereocenters. The van der Waals surface area contributed by atoms with E-state index in [2.05, 4.69) is 26.0 Å². The minimum Gasteiger partial charge on any atom is -0.497 e. The SMILES string of the molecule is COc1ccc(-n2nnnc2/C=C\Nc2cc(C)no2)cc1. The van der Waals surface area contributed by atoms with Crippen LogP contribution in [0.3, 0.4) is 0 Å². The standard InChI is InChI=1S/C14H14N6O2/c1-10-9-14(22-17-10)15-8-7-13-16-18-19-20(13)11-3-5-12(21-2)6-4-11/h3-9,15H,1-2H3/b8-7-. The normalized spacial score (nSPS) is 11.0. The Kier molecular flexibility index (Phi) is 3.82. The number of benzene rings is 1. The van der Waals surface area contributed by atoms with Crippen molar-refractivity contribution in [3.8, 4) is 11.4 Å². The van der Waals surface area contributed by atoms with Crippen LogP contribution >= 0.6 is 0 Å². The van der Waals surface area contributed by atoms with Crippen LogP contribution in [0.1, 0.15) is 11.5 Å². The maximum absolute atomic E-state index is 5.13.